The largest absolute Gasteiger partial charge is 0.490 e. The Labute approximate surface area is 245 Å². The highest BCUT2D eigenvalue weighted by Crippen LogP contribution is 2.33. The summed E-state index contributed by atoms with van der Waals surface area (Å²) in [5, 5.41) is 14.2. The number of carboxylic acid groups (broad SMARTS) is 2. The summed E-state index contributed by atoms with van der Waals surface area (Å²) < 4.78 is 65.5. The van der Waals surface area contributed by atoms with E-state index < -0.39 is 24.3 Å². The van der Waals surface area contributed by atoms with Gasteiger partial charge in [0.05, 0.1) is 17.5 Å². The highest BCUT2D eigenvalue weighted by atomic mass is 19.4. The number of likely N-dealkylation sites (tertiary alicyclic amines) is 1. The summed E-state index contributed by atoms with van der Waals surface area (Å²) in [6.45, 7) is 1.47. The van der Waals surface area contributed by atoms with Crippen molar-refractivity contribution in [3.05, 3.63) is 78.5 Å². The zero-order chi connectivity index (χ0) is 32.7. The molecular formula is C28H25F6N5O5. The number of carboxylic acids is 2. The van der Waals surface area contributed by atoms with E-state index in [2.05, 4.69) is 32.7 Å². The molecule has 4 heterocycles. The van der Waals surface area contributed by atoms with Crippen LogP contribution >= 0.6 is 0 Å². The van der Waals surface area contributed by atoms with Gasteiger partial charge in [0, 0.05) is 55.3 Å². The second-order valence-electron chi connectivity index (χ2n) is 9.39. The van der Waals surface area contributed by atoms with Gasteiger partial charge in [0.1, 0.15) is 5.52 Å². The van der Waals surface area contributed by atoms with Crippen molar-refractivity contribution in [3.8, 4) is 11.3 Å². The first-order valence-corrected chi connectivity index (χ1v) is 12.8. The first kappa shape index (κ1) is 33.5. The topological polar surface area (TPSA) is 139 Å². The molecular weight excluding hydrogens is 600 g/mol. The Balaban J connectivity index is 0.000000317. The third-order valence-corrected chi connectivity index (χ3v) is 6.39. The molecule has 0 aliphatic carbocycles. The molecule has 1 fully saturated rings. The summed E-state index contributed by atoms with van der Waals surface area (Å²) in [4.78, 5) is 46.1. The number of hydrogen-bond acceptors (Lipinski definition) is 6. The molecule has 1 amide bonds. The predicted molar refractivity (Wildman–Crippen MR) is 143 cm³/mol. The van der Waals surface area contributed by atoms with Gasteiger partial charge >= 0.3 is 24.3 Å². The van der Waals surface area contributed by atoms with Crippen molar-refractivity contribution in [1.82, 2.24) is 24.4 Å². The van der Waals surface area contributed by atoms with Gasteiger partial charge in [-0.1, -0.05) is 30.3 Å². The maximum Gasteiger partial charge on any atom is 0.490 e. The second-order valence-corrected chi connectivity index (χ2v) is 9.39. The van der Waals surface area contributed by atoms with E-state index in [-0.39, 0.29) is 5.91 Å². The van der Waals surface area contributed by atoms with Crippen molar-refractivity contribution in [2.75, 3.05) is 13.1 Å². The van der Waals surface area contributed by atoms with E-state index in [1.54, 1.807) is 24.5 Å². The summed E-state index contributed by atoms with van der Waals surface area (Å²) >= 11 is 0. The van der Waals surface area contributed by atoms with Gasteiger partial charge in [-0.3, -0.25) is 14.8 Å². The van der Waals surface area contributed by atoms with Crippen LogP contribution in [-0.4, -0.2) is 77.9 Å². The summed E-state index contributed by atoms with van der Waals surface area (Å²) in [5.41, 5.74) is 5.81. The van der Waals surface area contributed by atoms with Gasteiger partial charge in [-0.15, -0.1) is 0 Å². The molecule has 1 aromatic carbocycles. The number of amides is 1. The molecule has 234 valence electrons. The molecule has 0 saturated carbocycles. The summed E-state index contributed by atoms with van der Waals surface area (Å²) in [6, 6.07) is 15.9. The van der Waals surface area contributed by atoms with Crippen LogP contribution in [0.1, 0.15) is 34.8 Å². The number of alkyl halides is 6. The molecule has 0 spiro atoms. The Bertz CT molecular complexity index is 1560. The molecule has 0 unspecified atom stereocenters. The molecule has 16 heteroatoms. The Morgan fingerprint density at radius 2 is 1.39 bits per heavy atom. The van der Waals surface area contributed by atoms with Crippen molar-refractivity contribution in [3.63, 3.8) is 0 Å². The van der Waals surface area contributed by atoms with Gasteiger partial charge < -0.3 is 19.7 Å². The monoisotopic (exact) mass is 625 g/mol. The third kappa shape index (κ3) is 8.75. The average Bonchev–Trinajstić information content (AvgIpc) is 3.37. The van der Waals surface area contributed by atoms with Crippen LogP contribution in [0.4, 0.5) is 26.3 Å². The Hall–Kier alpha value is -5.02. The van der Waals surface area contributed by atoms with Crippen LogP contribution < -0.4 is 0 Å². The number of aryl methyl sites for hydroxylation is 1. The molecule has 1 saturated heterocycles. The molecule has 0 radical (unpaired) electrons. The minimum Gasteiger partial charge on any atom is -0.475 e. The van der Waals surface area contributed by atoms with Crippen LogP contribution in [0.5, 0.6) is 0 Å². The molecule has 4 aromatic rings. The lowest BCUT2D eigenvalue weighted by Crippen LogP contribution is -2.38. The normalized spacial score (nSPS) is 13.8. The van der Waals surface area contributed by atoms with E-state index in [9.17, 15) is 31.1 Å². The fraction of sp³-hybridized carbons (Fsp3) is 0.286. The molecule has 1 aliphatic heterocycles. The van der Waals surface area contributed by atoms with Crippen LogP contribution in [0.15, 0.2) is 67.3 Å². The maximum atomic E-state index is 12.7. The van der Waals surface area contributed by atoms with E-state index in [0.29, 0.717) is 11.5 Å². The molecule has 0 bridgehead atoms. The van der Waals surface area contributed by atoms with Gasteiger partial charge in [-0.25, -0.2) is 14.6 Å². The summed E-state index contributed by atoms with van der Waals surface area (Å²) in [5.74, 6) is -5.11. The van der Waals surface area contributed by atoms with Gasteiger partial charge in [0.15, 0.2) is 0 Å². The number of benzene rings is 1. The third-order valence-electron chi connectivity index (χ3n) is 6.39. The molecule has 2 N–H and O–H groups in total. The fourth-order valence-corrected chi connectivity index (χ4v) is 4.21. The average molecular weight is 626 g/mol. The van der Waals surface area contributed by atoms with Crippen LogP contribution in [0.3, 0.4) is 0 Å². The number of carbonyl (C=O) groups excluding carboxylic acids is 1. The number of pyridine rings is 2. The number of carbonyl (C=O) groups is 3. The smallest absolute Gasteiger partial charge is 0.475 e. The first-order chi connectivity index (χ1) is 20.6. The molecule has 44 heavy (non-hydrogen) atoms. The molecule has 10 nitrogen and oxygen atoms in total. The fourth-order valence-electron chi connectivity index (χ4n) is 4.21. The number of imidazole rings is 1. The Kier molecular flexibility index (Phi) is 10.6. The number of aliphatic carboxylic acids is 2. The highest BCUT2D eigenvalue weighted by Gasteiger charge is 2.39. The molecule has 0 atom stereocenters. The zero-order valence-corrected chi connectivity index (χ0v) is 22.9. The molecule has 1 aliphatic rings. The van der Waals surface area contributed by atoms with Gasteiger partial charge in [-0.2, -0.15) is 26.3 Å². The first-order valence-electron chi connectivity index (χ1n) is 12.8. The second kappa shape index (κ2) is 14.0. The van der Waals surface area contributed by atoms with E-state index in [1.807, 2.05) is 36.5 Å². The van der Waals surface area contributed by atoms with Crippen molar-refractivity contribution in [1.29, 1.82) is 0 Å². The van der Waals surface area contributed by atoms with Crippen molar-refractivity contribution in [2.45, 2.75) is 31.1 Å². The van der Waals surface area contributed by atoms with Gasteiger partial charge in [0.2, 0.25) is 0 Å². The van der Waals surface area contributed by atoms with Crippen LogP contribution in [0.2, 0.25) is 0 Å². The lowest BCUT2D eigenvalue weighted by atomic mass is 9.92. The van der Waals surface area contributed by atoms with Crippen molar-refractivity contribution >= 4 is 28.9 Å². The minimum absolute atomic E-state index is 0.0795. The van der Waals surface area contributed by atoms with E-state index in [1.165, 1.54) is 0 Å². The van der Waals surface area contributed by atoms with Gasteiger partial charge in [0.25, 0.3) is 5.91 Å². The number of piperidine rings is 1. The number of rotatable bonds is 3. The van der Waals surface area contributed by atoms with Crippen LogP contribution in [0.25, 0.3) is 22.3 Å². The van der Waals surface area contributed by atoms with E-state index >= 15 is 0 Å². The number of hydrogen-bond donors (Lipinski definition) is 2. The maximum absolute atomic E-state index is 12.7. The number of aromatic nitrogens is 4. The van der Waals surface area contributed by atoms with Crippen molar-refractivity contribution in [2.24, 2.45) is 7.05 Å². The number of nitrogens with zero attached hydrogens (tertiary/aromatic N) is 5. The standard InChI is InChI=1S/C24H23N5O.2C2HF3O2/c1-28-16-26-23-21(28)15-20(27-22(23)18-5-3-2-4-6-18)17-9-13-29(14-10-17)24(30)19-7-11-25-12-8-19;2*3-2(4,5)1(6)7/h2-8,11-12,15-17H,9-10,13-14H2,1H3;2*(H,6,7). The predicted octanol–water partition coefficient (Wildman–Crippen LogP) is 5.32. The molecule has 3 aromatic heterocycles. The van der Waals surface area contributed by atoms with Crippen LogP contribution in [0, 0.1) is 0 Å². The van der Waals surface area contributed by atoms with Crippen molar-refractivity contribution < 1.29 is 50.9 Å². The van der Waals surface area contributed by atoms with E-state index in [4.69, 9.17) is 24.8 Å². The lowest BCUT2D eigenvalue weighted by molar-refractivity contribution is -0.193. The summed E-state index contributed by atoms with van der Waals surface area (Å²) in [6.07, 6.45) is -3.18. The summed E-state index contributed by atoms with van der Waals surface area (Å²) in [7, 11) is 2.02. The number of halogens is 6. The lowest BCUT2D eigenvalue weighted by Gasteiger charge is -2.32. The van der Waals surface area contributed by atoms with Crippen LogP contribution in [-0.2, 0) is 16.6 Å². The minimum atomic E-state index is -5.08. The Morgan fingerprint density at radius 3 is 1.89 bits per heavy atom. The van der Waals surface area contributed by atoms with E-state index in [0.717, 1.165) is 53.9 Å². The number of fused-ring (bicyclic) bond motifs is 1. The highest BCUT2D eigenvalue weighted by molar-refractivity contribution is 5.94. The quantitative estimate of drug-likeness (QED) is 0.292. The van der Waals surface area contributed by atoms with Gasteiger partial charge in [-0.05, 0) is 31.0 Å². The SMILES string of the molecule is Cn1cnc2c(-c3ccccc3)nc(C3CCN(C(=O)c4ccncc4)CC3)cc21.O=C(O)C(F)(F)F.O=C(O)C(F)(F)F. The Morgan fingerprint density at radius 1 is 0.864 bits per heavy atom. The molecule has 5 rings (SSSR count). The zero-order valence-electron chi connectivity index (χ0n) is 22.9.